The van der Waals surface area contributed by atoms with Crippen molar-refractivity contribution in [3.63, 3.8) is 0 Å². The monoisotopic (exact) mass is 456 g/mol. The van der Waals surface area contributed by atoms with Crippen molar-refractivity contribution >= 4 is 38.6 Å². The smallest absolute Gasteiger partial charge is 0.203 e. The van der Waals surface area contributed by atoms with Gasteiger partial charge in [-0.3, -0.25) is 5.43 Å². The predicted molar refractivity (Wildman–Crippen MR) is 115 cm³/mol. The fraction of sp³-hybridized carbons (Fsp3) is 0.150. The van der Waals surface area contributed by atoms with Crippen molar-refractivity contribution in [2.45, 2.75) is 6.92 Å². The molecule has 1 N–H and O–H groups in total. The number of rotatable bonds is 8. The van der Waals surface area contributed by atoms with Crippen molar-refractivity contribution in [3.8, 4) is 28.8 Å². The zero-order valence-corrected chi connectivity index (χ0v) is 17.5. The standard InChI is InChI=1S/C20H17BrN4O2S/c1-2-26-18-10-15(16(21)11-19(18)27-9-8-22)12-23-25-20-24-17(13-28-20)14-6-4-3-5-7-14/h3-7,10-13H,2,9H2,1H3,(H,24,25). The molecule has 0 atom stereocenters. The zero-order valence-electron chi connectivity index (χ0n) is 15.1. The topological polar surface area (TPSA) is 79.5 Å². The number of benzene rings is 2. The van der Waals surface area contributed by atoms with Gasteiger partial charge in [0.25, 0.3) is 0 Å². The van der Waals surface area contributed by atoms with Crippen LogP contribution in [0.15, 0.2) is 57.4 Å². The second-order valence-corrected chi connectivity index (χ2v) is 7.19. The number of thiazole rings is 1. The summed E-state index contributed by atoms with van der Waals surface area (Å²) in [5, 5.41) is 15.7. The van der Waals surface area contributed by atoms with Crippen LogP contribution < -0.4 is 14.9 Å². The lowest BCUT2D eigenvalue weighted by Crippen LogP contribution is -2.01. The lowest BCUT2D eigenvalue weighted by Gasteiger charge is -2.12. The first kappa shape index (κ1) is 19.9. The summed E-state index contributed by atoms with van der Waals surface area (Å²) in [6.07, 6.45) is 1.67. The number of hydrogen-bond donors (Lipinski definition) is 1. The number of nitrogens with one attached hydrogen (secondary N) is 1. The van der Waals surface area contributed by atoms with Gasteiger partial charge in [0.15, 0.2) is 18.1 Å². The van der Waals surface area contributed by atoms with Crippen molar-refractivity contribution in [3.05, 3.63) is 57.9 Å². The molecular weight excluding hydrogens is 440 g/mol. The molecule has 2 aromatic carbocycles. The third-order valence-electron chi connectivity index (χ3n) is 3.59. The third-order valence-corrected chi connectivity index (χ3v) is 5.03. The molecule has 0 bridgehead atoms. The van der Waals surface area contributed by atoms with E-state index in [1.165, 1.54) is 11.3 Å². The van der Waals surface area contributed by atoms with Crippen LogP contribution in [0.4, 0.5) is 5.13 Å². The second-order valence-electron chi connectivity index (χ2n) is 5.47. The first-order chi connectivity index (χ1) is 13.7. The van der Waals surface area contributed by atoms with Gasteiger partial charge in [-0.25, -0.2) is 4.98 Å². The third kappa shape index (κ3) is 5.09. The molecule has 0 saturated heterocycles. The number of nitriles is 1. The summed E-state index contributed by atoms with van der Waals surface area (Å²) in [4.78, 5) is 4.54. The molecule has 6 nitrogen and oxygen atoms in total. The summed E-state index contributed by atoms with van der Waals surface area (Å²) in [7, 11) is 0. The second kappa shape index (κ2) is 9.88. The molecule has 0 amide bonds. The Labute approximate surface area is 175 Å². The Morgan fingerprint density at radius 3 is 2.79 bits per heavy atom. The number of aromatic nitrogens is 1. The Morgan fingerprint density at radius 1 is 1.25 bits per heavy atom. The van der Waals surface area contributed by atoms with Crippen molar-refractivity contribution in [2.75, 3.05) is 18.6 Å². The molecule has 0 aliphatic carbocycles. The fourth-order valence-electron chi connectivity index (χ4n) is 2.36. The van der Waals surface area contributed by atoms with Crippen molar-refractivity contribution in [2.24, 2.45) is 5.10 Å². The van der Waals surface area contributed by atoms with Crippen LogP contribution in [-0.4, -0.2) is 24.4 Å². The van der Waals surface area contributed by atoms with E-state index in [9.17, 15) is 0 Å². The molecule has 0 aliphatic heterocycles. The fourth-order valence-corrected chi connectivity index (χ4v) is 3.46. The Morgan fingerprint density at radius 2 is 2.04 bits per heavy atom. The van der Waals surface area contributed by atoms with Crippen LogP contribution in [0, 0.1) is 11.3 Å². The Kier molecular flexibility index (Phi) is 7.00. The summed E-state index contributed by atoms with van der Waals surface area (Å²) >= 11 is 4.98. The average Bonchev–Trinajstić information content (AvgIpc) is 3.19. The first-order valence-electron chi connectivity index (χ1n) is 8.47. The normalized spacial score (nSPS) is 10.6. The van der Waals surface area contributed by atoms with E-state index in [0.717, 1.165) is 21.3 Å². The van der Waals surface area contributed by atoms with E-state index in [1.54, 1.807) is 12.3 Å². The molecule has 28 heavy (non-hydrogen) atoms. The first-order valence-corrected chi connectivity index (χ1v) is 10.1. The summed E-state index contributed by atoms with van der Waals surface area (Å²) in [6, 6.07) is 15.5. The Bertz CT molecular complexity index is 999. The molecule has 3 aromatic rings. The van der Waals surface area contributed by atoms with E-state index >= 15 is 0 Å². The minimum absolute atomic E-state index is 0.0463. The molecule has 0 radical (unpaired) electrons. The number of hydrazone groups is 1. The SMILES string of the molecule is CCOc1cc(C=NNc2nc(-c3ccccc3)cs2)c(Br)cc1OCC#N. The molecule has 0 spiro atoms. The van der Waals surface area contributed by atoms with Gasteiger partial charge in [-0.2, -0.15) is 10.4 Å². The van der Waals surface area contributed by atoms with Gasteiger partial charge in [0.05, 0.1) is 18.5 Å². The highest BCUT2D eigenvalue weighted by Crippen LogP contribution is 2.33. The summed E-state index contributed by atoms with van der Waals surface area (Å²) < 4.78 is 11.8. The van der Waals surface area contributed by atoms with Crippen LogP contribution in [0.3, 0.4) is 0 Å². The minimum atomic E-state index is -0.0463. The van der Waals surface area contributed by atoms with E-state index in [4.69, 9.17) is 14.7 Å². The zero-order chi connectivity index (χ0) is 19.8. The lowest BCUT2D eigenvalue weighted by atomic mass is 10.2. The highest BCUT2D eigenvalue weighted by molar-refractivity contribution is 9.10. The Hall–Kier alpha value is -2.89. The van der Waals surface area contributed by atoms with Gasteiger partial charge in [0.2, 0.25) is 5.13 Å². The van der Waals surface area contributed by atoms with Crippen LogP contribution in [-0.2, 0) is 0 Å². The quantitative estimate of drug-likeness (QED) is 0.366. The van der Waals surface area contributed by atoms with Gasteiger partial charge in [-0.1, -0.05) is 30.3 Å². The molecule has 1 aromatic heterocycles. The summed E-state index contributed by atoms with van der Waals surface area (Å²) in [5.74, 6) is 1.07. The largest absolute Gasteiger partial charge is 0.490 e. The number of anilines is 1. The number of ether oxygens (including phenoxy) is 2. The van der Waals surface area contributed by atoms with Crippen LogP contribution in [0.2, 0.25) is 0 Å². The van der Waals surface area contributed by atoms with Crippen molar-refractivity contribution in [1.82, 2.24) is 4.98 Å². The van der Waals surface area contributed by atoms with Gasteiger partial charge in [-0.15, -0.1) is 11.3 Å². The molecule has 1 heterocycles. The van der Waals surface area contributed by atoms with Crippen molar-refractivity contribution in [1.29, 1.82) is 5.26 Å². The minimum Gasteiger partial charge on any atom is -0.490 e. The lowest BCUT2D eigenvalue weighted by molar-refractivity contribution is 0.298. The number of halogens is 1. The van der Waals surface area contributed by atoms with E-state index in [0.29, 0.717) is 23.2 Å². The van der Waals surface area contributed by atoms with E-state index < -0.39 is 0 Å². The summed E-state index contributed by atoms with van der Waals surface area (Å²) in [6.45, 7) is 2.33. The highest BCUT2D eigenvalue weighted by Gasteiger charge is 2.10. The number of hydrogen-bond acceptors (Lipinski definition) is 7. The molecule has 0 unspecified atom stereocenters. The van der Waals surface area contributed by atoms with Gasteiger partial charge < -0.3 is 9.47 Å². The van der Waals surface area contributed by atoms with Gasteiger partial charge in [-0.05, 0) is 35.0 Å². The van der Waals surface area contributed by atoms with Gasteiger partial charge in [0.1, 0.15) is 6.07 Å². The molecule has 0 fully saturated rings. The molecule has 3 rings (SSSR count). The van der Waals surface area contributed by atoms with Gasteiger partial charge in [0, 0.05) is 21.0 Å². The number of nitrogens with zero attached hydrogens (tertiary/aromatic N) is 3. The van der Waals surface area contributed by atoms with Gasteiger partial charge >= 0.3 is 0 Å². The maximum atomic E-state index is 8.71. The maximum absolute atomic E-state index is 8.71. The van der Waals surface area contributed by atoms with E-state index in [-0.39, 0.29) is 6.61 Å². The molecule has 0 saturated carbocycles. The molecular formula is C20H17BrN4O2S. The van der Waals surface area contributed by atoms with Crippen molar-refractivity contribution < 1.29 is 9.47 Å². The van der Waals surface area contributed by atoms with Crippen LogP contribution >= 0.6 is 27.3 Å². The average molecular weight is 457 g/mol. The maximum Gasteiger partial charge on any atom is 0.203 e. The van der Waals surface area contributed by atoms with Crippen LogP contribution in [0.1, 0.15) is 12.5 Å². The summed E-state index contributed by atoms with van der Waals surface area (Å²) in [5.41, 5.74) is 5.72. The molecule has 142 valence electrons. The molecule has 8 heteroatoms. The van der Waals surface area contributed by atoms with Crippen LogP contribution in [0.5, 0.6) is 11.5 Å². The van der Waals surface area contributed by atoms with Crippen LogP contribution in [0.25, 0.3) is 11.3 Å². The molecule has 0 aliphatic rings. The predicted octanol–water partition coefficient (Wildman–Crippen LogP) is 5.32. The van der Waals surface area contributed by atoms with E-state index in [2.05, 4.69) is 31.4 Å². The van der Waals surface area contributed by atoms with E-state index in [1.807, 2.05) is 54.8 Å². The highest BCUT2D eigenvalue weighted by atomic mass is 79.9. The Balaban J connectivity index is 1.72.